The Bertz CT molecular complexity index is 522. The molecule has 0 aliphatic rings. The lowest BCUT2D eigenvalue weighted by molar-refractivity contribution is -0.384. The van der Waals surface area contributed by atoms with Gasteiger partial charge in [-0.05, 0) is 19.4 Å². The lowest BCUT2D eigenvalue weighted by atomic mass is 10.1. The van der Waals surface area contributed by atoms with Crippen molar-refractivity contribution in [2.24, 2.45) is 0 Å². The van der Waals surface area contributed by atoms with Crippen molar-refractivity contribution in [1.29, 1.82) is 0 Å². The molecule has 0 unspecified atom stereocenters. The third-order valence-electron chi connectivity index (χ3n) is 3.13. The van der Waals surface area contributed by atoms with E-state index >= 15 is 0 Å². The van der Waals surface area contributed by atoms with Gasteiger partial charge in [-0.2, -0.15) is 0 Å². The number of non-ortho nitro benzene ring substituents is 1. The van der Waals surface area contributed by atoms with Gasteiger partial charge in [-0.15, -0.1) is 0 Å². The molecule has 0 saturated carbocycles. The number of halogens is 1. The Morgan fingerprint density at radius 3 is 2.77 bits per heavy atom. The molecule has 0 saturated heterocycles. The van der Waals surface area contributed by atoms with E-state index in [1.54, 1.807) is 0 Å². The molecule has 0 radical (unpaired) electrons. The van der Waals surface area contributed by atoms with E-state index in [2.05, 4.69) is 12.2 Å². The zero-order chi connectivity index (χ0) is 16.5. The lowest BCUT2D eigenvalue weighted by Gasteiger charge is -2.14. The predicted molar refractivity (Wildman–Crippen MR) is 85.3 cm³/mol. The first-order valence-electron chi connectivity index (χ1n) is 7.30. The Hall–Kier alpha value is -1.82. The molecule has 0 aliphatic carbocycles. The number of amides is 1. The molecule has 6 nitrogen and oxygen atoms in total. The summed E-state index contributed by atoms with van der Waals surface area (Å²) in [5.41, 5.74) is -0.119. The maximum atomic E-state index is 11.8. The van der Waals surface area contributed by atoms with Crippen LogP contribution in [-0.4, -0.2) is 23.5 Å². The number of ether oxygens (including phenoxy) is 1. The first kappa shape index (κ1) is 18.2. The number of nitrogens with one attached hydrogen (secondary N) is 1. The summed E-state index contributed by atoms with van der Waals surface area (Å²) in [7, 11) is 0. The topological polar surface area (TPSA) is 81.5 Å². The van der Waals surface area contributed by atoms with Crippen LogP contribution >= 0.6 is 11.6 Å². The Morgan fingerprint density at radius 1 is 1.45 bits per heavy atom. The third kappa shape index (κ3) is 6.30. The van der Waals surface area contributed by atoms with Gasteiger partial charge in [0.2, 0.25) is 0 Å². The number of nitrogens with zero attached hydrogens (tertiary/aromatic N) is 1. The molecule has 22 heavy (non-hydrogen) atoms. The molecule has 122 valence electrons. The zero-order valence-electron chi connectivity index (χ0n) is 12.8. The summed E-state index contributed by atoms with van der Waals surface area (Å²) in [5, 5.41) is 13.6. The largest absolute Gasteiger partial charge is 0.482 e. The van der Waals surface area contributed by atoms with Crippen LogP contribution in [0, 0.1) is 10.1 Å². The zero-order valence-corrected chi connectivity index (χ0v) is 13.6. The highest BCUT2D eigenvalue weighted by atomic mass is 35.5. The smallest absolute Gasteiger partial charge is 0.271 e. The van der Waals surface area contributed by atoms with E-state index in [4.69, 9.17) is 16.3 Å². The first-order valence-corrected chi connectivity index (χ1v) is 7.68. The van der Waals surface area contributed by atoms with Crippen LogP contribution in [0.4, 0.5) is 5.69 Å². The van der Waals surface area contributed by atoms with Crippen LogP contribution in [0.1, 0.15) is 39.5 Å². The summed E-state index contributed by atoms with van der Waals surface area (Å²) in [4.78, 5) is 21.8. The van der Waals surface area contributed by atoms with Gasteiger partial charge in [0.25, 0.3) is 11.6 Å². The summed E-state index contributed by atoms with van der Waals surface area (Å²) < 4.78 is 5.29. The summed E-state index contributed by atoms with van der Waals surface area (Å²) >= 11 is 5.89. The SMILES string of the molecule is CCCCC[C@H](C)NC(=O)COc1ccc([N+](=O)[O-])cc1Cl. The summed E-state index contributed by atoms with van der Waals surface area (Å²) in [5.74, 6) is 0.0134. The normalized spacial score (nSPS) is 11.8. The second-order valence-corrected chi connectivity index (χ2v) is 5.53. The van der Waals surface area contributed by atoms with Gasteiger partial charge >= 0.3 is 0 Å². The molecular formula is C15H21ClN2O4. The number of hydrogen-bond acceptors (Lipinski definition) is 4. The highest BCUT2D eigenvalue weighted by Crippen LogP contribution is 2.28. The maximum absolute atomic E-state index is 11.8. The molecule has 1 atom stereocenters. The number of unbranched alkanes of at least 4 members (excludes halogenated alkanes) is 2. The van der Waals surface area contributed by atoms with Crippen LogP contribution in [0.2, 0.25) is 5.02 Å². The van der Waals surface area contributed by atoms with Crippen LogP contribution in [0.15, 0.2) is 18.2 Å². The van der Waals surface area contributed by atoms with Gasteiger partial charge in [0.1, 0.15) is 5.75 Å². The number of hydrogen-bond donors (Lipinski definition) is 1. The number of nitro groups is 1. The molecule has 0 spiro atoms. The monoisotopic (exact) mass is 328 g/mol. The molecule has 0 aromatic heterocycles. The summed E-state index contributed by atoms with van der Waals surface area (Å²) in [6.45, 7) is 3.91. The highest BCUT2D eigenvalue weighted by Gasteiger charge is 2.12. The van der Waals surface area contributed by atoms with E-state index in [0.717, 1.165) is 25.7 Å². The highest BCUT2D eigenvalue weighted by molar-refractivity contribution is 6.32. The van der Waals surface area contributed by atoms with Gasteiger partial charge in [0, 0.05) is 18.2 Å². The predicted octanol–water partition coefficient (Wildman–Crippen LogP) is 3.71. The average Bonchev–Trinajstić information content (AvgIpc) is 2.46. The molecular weight excluding hydrogens is 308 g/mol. The average molecular weight is 329 g/mol. The van der Waals surface area contributed by atoms with Crippen molar-refractivity contribution in [3.8, 4) is 5.75 Å². The van der Waals surface area contributed by atoms with Crippen LogP contribution in [0.3, 0.4) is 0 Å². The first-order chi connectivity index (χ1) is 10.4. The second kappa shape index (κ2) is 9.25. The number of carbonyl (C=O) groups excluding carboxylic acids is 1. The van der Waals surface area contributed by atoms with E-state index in [-0.39, 0.29) is 35.0 Å². The quantitative estimate of drug-likeness (QED) is 0.425. The fourth-order valence-electron chi connectivity index (χ4n) is 1.95. The van der Waals surface area contributed by atoms with Gasteiger partial charge in [0.05, 0.1) is 9.95 Å². The van der Waals surface area contributed by atoms with Crippen molar-refractivity contribution in [2.45, 2.75) is 45.6 Å². The van der Waals surface area contributed by atoms with Crippen molar-refractivity contribution >= 4 is 23.2 Å². The molecule has 0 bridgehead atoms. The van der Waals surface area contributed by atoms with E-state index < -0.39 is 4.92 Å². The molecule has 7 heteroatoms. The Kier molecular flexibility index (Phi) is 7.66. The standard InChI is InChI=1S/C15H21ClN2O4/c1-3-4-5-6-11(2)17-15(19)10-22-14-8-7-12(18(20)21)9-13(14)16/h7-9,11H,3-6,10H2,1-2H3,(H,17,19)/t11-/m0/s1. The lowest BCUT2D eigenvalue weighted by Crippen LogP contribution is -2.36. The molecule has 1 rings (SSSR count). The van der Waals surface area contributed by atoms with Gasteiger partial charge in [0.15, 0.2) is 6.61 Å². The number of carbonyl (C=O) groups is 1. The van der Waals surface area contributed by atoms with Crippen LogP contribution in [0.25, 0.3) is 0 Å². The fourth-order valence-corrected chi connectivity index (χ4v) is 2.18. The molecule has 1 aromatic rings. The van der Waals surface area contributed by atoms with E-state index in [9.17, 15) is 14.9 Å². The van der Waals surface area contributed by atoms with E-state index in [0.29, 0.717) is 0 Å². The number of nitro benzene ring substituents is 1. The van der Waals surface area contributed by atoms with Gasteiger partial charge in [-0.3, -0.25) is 14.9 Å². The van der Waals surface area contributed by atoms with Gasteiger partial charge in [-0.1, -0.05) is 37.8 Å². The maximum Gasteiger partial charge on any atom is 0.271 e. The van der Waals surface area contributed by atoms with Gasteiger partial charge in [-0.25, -0.2) is 0 Å². The Morgan fingerprint density at radius 2 is 2.18 bits per heavy atom. The van der Waals surface area contributed by atoms with Gasteiger partial charge < -0.3 is 10.1 Å². The van der Waals surface area contributed by atoms with E-state index in [1.807, 2.05) is 6.92 Å². The molecule has 0 aliphatic heterocycles. The Labute approximate surface area is 134 Å². The van der Waals surface area contributed by atoms with Crippen molar-refractivity contribution in [1.82, 2.24) is 5.32 Å². The summed E-state index contributed by atoms with van der Waals surface area (Å²) in [6, 6.07) is 3.96. The number of rotatable bonds is 9. The Balaban J connectivity index is 2.42. The second-order valence-electron chi connectivity index (χ2n) is 5.12. The van der Waals surface area contributed by atoms with E-state index in [1.165, 1.54) is 18.2 Å². The van der Waals surface area contributed by atoms with Crippen LogP contribution in [0.5, 0.6) is 5.75 Å². The van der Waals surface area contributed by atoms with Crippen molar-refractivity contribution in [3.63, 3.8) is 0 Å². The van der Waals surface area contributed by atoms with Crippen molar-refractivity contribution in [2.75, 3.05) is 6.61 Å². The minimum atomic E-state index is -0.541. The minimum absolute atomic E-state index is 0.0926. The van der Waals surface area contributed by atoms with Crippen LogP contribution in [-0.2, 0) is 4.79 Å². The number of benzene rings is 1. The van der Waals surface area contributed by atoms with Crippen LogP contribution < -0.4 is 10.1 Å². The summed E-state index contributed by atoms with van der Waals surface area (Å²) in [6.07, 6.45) is 4.29. The molecule has 0 fully saturated rings. The third-order valence-corrected chi connectivity index (χ3v) is 3.43. The van der Waals surface area contributed by atoms with Crippen molar-refractivity contribution < 1.29 is 14.5 Å². The van der Waals surface area contributed by atoms with Crippen molar-refractivity contribution in [3.05, 3.63) is 33.3 Å². The molecule has 1 amide bonds. The molecule has 1 N–H and O–H groups in total. The fraction of sp³-hybridized carbons (Fsp3) is 0.533. The molecule has 0 heterocycles. The molecule has 1 aromatic carbocycles. The minimum Gasteiger partial charge on any atom is -0.482 e.